The molecule has 2 aromatic rings. The van der Waals surface area contributed by atoms with Crippen molar-refractivity contribution in [2.24, 2.45) is 5.92 Å². The molecule has 0 bridgehead atoms. The molecule has 10 heteroatoms. The van der Waals surface area contributed by atoms with Crippen molar-refractivity contribution in [2.75, 3.05) is 31.6 Å². The largest absolute Gasteiger partial charge is 0.379 e. The zero-order valence-corrected chi connectivity index (χ0v) is 19.8. The summed E-state index contributed by atoms with van der Waals surface area (Å²) in [5.74, 6) is -0.277. The third-order valence-corrected chi connectivity index (χ3v) is 7.22. The Morgan fingerprint density at radius 2 is 1.90 bits per heavy atom. The highest BCUT2D eigenvalue weighted by molar-refractivity contribution is 7.89. The zero-order chi connectivity index (χ0) is 22.4. The maximum absolute atomic E-state index is 12.9. The maximum Gasteiger partial charge on any atom is 0.244 e. The molecule has 1 aromatic heterocycles. The van der Waals surface area contributed by atoms with Gasteiger partial charge in [0.05, 0.1) is 23.8 Å². The second-order valence-electron chi connectivity index (χ2n) is 8.14. The summed E-state index contributed by atoms with van der Waals surface area (Å²) in [6.45, 7) is 9.63. The fraction of sp³-hybridized carbons (Fsp3) is 0.524. The number of aryl methyl sites for hydroxylation is 1. The number of aromatic nitrogens is 1. The van der Waals surface area contributed by atoms with Crippen LogP contribution in [0.4, 0.5) is 5.13 Å². The number of carbonyl (C=O) groups is 1. The molecule has 0 aliphatic carbocycles. The van der Waals surface area contributed by atoms with Crippen LogP contribution in [0, 0.1) is 12.8 Å². The van der Waals surface area contributed by atoms with Crippen molar-refractivity contribution in [3.8, 4) is 0 Å². The molecule has 31 heavy (non-hydrogen) atoms. The fourth-order valence-electron chi connectivity index (χ4n) is 3.27. The average Bonchev–Trinajstić information content (AvgIpc) is 3.14. The molecule has 1 saturated heterocycles. The number of carbonyl (C=O) groups excluding carboxylic acids is 1. The number of hydrogen-bond acceptors (Lipinski definition) is 7. The minimum absolute atomic E-state index is 0.129. The summed E-state index contributed by atoms with van der Waals surface area (Å²) in [5, 5.41) is 5.17. The monoisotopic (exact) mass is 466 g/mol. The van der Waals surface area contributed by atoms with E-state index in [4.69, 9.17) is 4.74 Å². The van der Waals surface area contributed by atoms with E-state index < -0.39 is 22.0 Å². The highest BCUT2D eigenvalue weighted by atomic mass is 32.2. The highest BCUT2D eigenvalue weighted by Gasteiger charge is 2.27. The molecule has 2 N–H and O–H groups in total. The first-order chi connectivity index (χ1) is 14.7. The van der Waals surface area contributed by atoms with Crippen LogP contribution in [0.1, 0.15) is 31.5 Å². The number of sulfonamides is 1. The second kappa shape index (κ2) is 10.6. The minimum atomic E-state index is -3.82. The topological polar surface area (TPSA) is 101 Å². The van der Waals surface area contributed by atoms with Gasteiger partial charge in [-0.2, -0.15) is 4.72 Å². The minimum Gasteiger partial charge on any atom is -0.379 e. The summed E-state index contributed by atoms with van der Waals surface area (Å²) in [4.78, 5) is 19.8. The number of amides is 1. The summed E-state index contributed by atoms with van der Waals surface area (Å²) in [6.07, 6.45) is 0.378. The summed E-state index contributed by atoms with van der Waals surface area (Å²) < 4.78 is 33.5. The molecule has 170 valence electrons. The molecule has 1 fully saturated rings. The SMILES string of the molecule is Cc1ccc(S(=O)(=O)NC(CC(C)C)C(=O)Nc2nc(CN3CCOCC3)cs2)cc1. The number of morpholine rings is 1. The van der Waals surface area contributed by atoms with Crippen LogP contribution in [0.25, 0.3) is 0 Å². The van der Waals surface area contributed by atoms with E-state index in [9.17, 15) is 13.2 Å². The van der Waals surface area contributed by atoms with Gasteiger partial charge >= 0.3 is 0 Å². The summed E-state index contributed by atoms with van der Waals surface area (Å²) in [5.41, 5.74) is 1.84. The third-order valence-electron chi connectivity index (χ3n) is 4.92. The van der Waals surface area contributed by atoms with Crippen LogP contribution >= 0.6 is 11.3 Å². The molecule has 0 spiro atoms. The predicted molar refractivity (Wildman–Crippen MR) is 122 cm³/mol. The number of ether oxygens (including phenoxy) is 1. The van der Waals surface area contributed by atoms with Gasteiger partial charge in [0.25, 0.3) is 0 Å². The highest BCUT2D eigenvalue weighted by Crippen LogP contribution is 2.19. The Kier molecular flexibility index (Phi) is 8.17. The van der Waals surface area contributed by atoms with Gasteiger partial charge in [0, 0.05) is 25.0 Å². The average molecular weight is 467 g/mol. The maximum atomic E-state index is 12.9. The van der Waals surface area contributed by atoms with E-state index in [0.29, 0.717) is 31.3 Å². The van der Waals surface area contributed by atoms with Crippen molar-refractivity contribution < 1.29 is 17.9 Å². The summed E-state index contributed by atoms with van der Waals surface area (Å²) in [6, 6.07) is 5.66. The molecule has 1 aliphatic heterocycles. The van der Waals surface area contributed by atoms with Crippen molar-refractivity contribution in [1.82, 2.24) is 14.6 Å². The van der Waals surface area contributed by atoms with Crippen LogP contribution < -0.4 is 10.0 Å². The zero-order valence-electron chi connectivity index (χ0n) is 18.1. The lowest BCUT2D eigenvalue weighted by Crippen LogP contribution is -2.44. The van der Waals surface area contributed by atoms with E-state index in [1.165, 1.54) is 11.3 Å². The van der Waals surface area contributed by atoms with E-state index in [1.54, 1.807) is 24.3 Å². The molecule has 1 atom stereocenters. The van der Waals surface area contributed by atoms with E-state index in [2.05, 4.69) is 19.9 Å². The number of hydrogen-bond donors (Lipinski definition) is 2. The van der Waals surface area contributed by atoms with Gasteiger partial charge < -0.3 is 10.1 Å². The number of thiazole rings is 1. The molecule has 8 nitrogen and oxygen atoms in total. The van der Waals surface area contributed by atoms with Crippen LogP contribution in [0.5, 0.6) is 0 Å². The van der Waals surface area contributed by atoms with Gasteiger partial charge in [0.15, 0.2) is 5.13 Å². The Bertz CT molecular complexity index is 968. The van der Waals surface area contributed by atoms with Crippen molar-refractivity contribution in [2.45, 2.75) is 44.7 Å². The smallest absolute Gasteiger partial charge is 0.244 e. The molecule has 2 heterocycles. The number of nitrogens with zero attached hydrogens (tertiary/aromatic N) is 2. The normalized spacial score (nSPS) is 16.4. The Hall–Kier alpha value is -1.85. The molecule has 1 aliphatic rings. The van der Waals surface area contributed by atoms with Crippen LogP contribution in [-0.2, 0) is 26.1 Å². The number of rotatable bonds is 9. The lowest BCUT2D eigenvalue weighted by atomic mass is 10.0. The third kappa shape index (κ3) is 7.08. The molecular weight excluding hydrogens is 436 g/mol. The lowest BCUT2D eigenvalue weighted by Gasteiger charge is -2.25. The van der Waals surface area contributed by atoms with Crippen molar-refractivity contribution in [3.63, 3.8) is 0 Å². The van der Waals surface area contributed by atoms with Crippen LogP contribution in [-0.4, -0.2) is 56.6 Å². The van der Waals surface area contributed by atoms with Gasteiger partial charge in [-0.05, 0) is 31.4 Å². The molecule has 3 rings (SSSR count). The first-order valence-corrected chi connectivity index (χ1v) is 12.7. The van der Waals surface area contributed by atoms with Crippen molar-refractivity contribution >= 4 is 32.4 Å². The van der Waals surface area contributed by atoms with Crippen molar-refractivity contribution in [1.29, 1.82) is 0 Å². The van der Waals surface area contributed by atoms with Crippen LogP contribution in [0.15, 0.2) is 34.5 Å². The first-order valence-electron chi connectivity index (χ1n) is 10.4. The van der Waals surface area contributed by atoms with Crippen LogP contribution in [0.3, 0.4) is 0 Å². The lowest BCUT2D eigenvalue weighted by molar-refractivity contribution is -0.118. The van der Waals surface area contributed by atoms with Gasteiger partial charge in [-0.15, -0.1) is 11.3 Å². The molecule has 1 aromatic carbocycles. The Balaban J connectivity index is 1.66. The van der Waals surface area contributed by atoms with Gasteiger partial charge in [-0.1, -0.05) is 31.5 Å². The Labute approximate surface area is 188 Å². The first kappa shape index (κ1) is 23.8. The molecule has 0 saturated carbocycles. The molecule has 1 unspecified atom stereocenters. The van der Waals surface area contributed by atoms with E-state index in [0.717, 1.165) is 24.3 Å². The quantitative estimate of drug-likeness (QED) is 0.589. The van der Waals surface area contributed by atoms with Gasteiger partial charge in [0.2, 0.25) is 15.9 Å². The van der Waals surface area contributed by atoms with Gasteiger partial charge in [-0.3, -0.25) is 9.69 Å². The number of nitrogens with one attached hydrogen (secondary N) is 2. The molecular formula is C21H30N4O4S2. The van der Waals surface area contributed by atoms with Crippen LogP contribution in [0.2, 0.25) is 0 Å². The van der Waals surface area contributed by atoms with Crippen molar-refractivity contribution in [3.05, 3.63) is 40.9 Å². The van der Waals surface area contributed by atoms with Gasteiger partial charge in [-0.25, -0.2) is 13.4 Å². The standard InChI is InChI=1S/C21H30N4O4S2/c1-15(2)12-19(24-31(27,28)18-6-4-16(3)5-7-18)20(26)23-21-22-17(14-30-21)13-25-8-10-29-11-9-25/h4-7,14-15,19,24H,8-13H2,1-3H3,(H,22,23,26). The van der Waals surface area contributed by atoms with E-state index in [1.807, 2.05) is 26.2 Å². The molecule has 0 radical (unpaired) electrons. The number of anilines is 1. The van der Waals surface area contributed by atoms with E-state index in [-0.39, 0.29) is 10.8 Å². The summed E-state index contributed by atoms with van der Waals surface area (Å²) in [7, 11) is -3.82. The number of benzene rings is 1. The molecule has 1 amide bonds. The predicted octanol–water partition coefficient (Wildman–Crippen LogP) is 2.62. The summed E-state index contributed by atoms with van der Waals surface area (Å²) >= 11 is 1.34. The Morgan fingerprint density at radius 1 is 1.23 bits per heavy atom. The fourth-order valence-corrected chi connectivity index (χ4v) is 5.18. The Morgan fingerprint density at radius 3 is 2.55 bits per heavy atom. The second-order valence-corrected chi connectivity index (χ2v) is 10.7. The van der Waals surface area contributed by atoms with Gasteiger partial charge in [0.1, 0.15) is 6.04 Å². The van der Waals surface area contributed by atoms with E-state index >= 15 is 0 Å².